The molecule has 0 saturated carbocycles. The van der Waals surface area contributed by atoms with E-state index in [0.717, 1.165) is 11.3 Å². The number of hydrogen-bond donors (Lipinski definition) is 0. The van der Waals surface area contributed by atoms with E-state index in [2.05, 4.69) is 16.0 Å². The zero-order chi connectivity index (χ0) is 17.2. The molecule has 1 atom stereocenters. The Kier molecular flexibility index (Phi) is 4.19. The Labute approximate surface area is 146 Å². The molecule has 2 heterocycles. The van der Waals surface area contributed by atoms with Crippen LogP contribution in [0.25, 0.3) is 11.4 Å². The quantitative estimate of drug-likeness (QED) is 0.533. The summed E-state index contributed by atoms with van der Waals surface area (Å²) >= 11 is 0. The van der Waals surface area contributed by atoms with E-state index < -0.39 is 8.45 Å². The first-order valence-electron chi connectivity index (χ1n) is 7.67. The first-order chi connectivity index (χ1) is 12.3. The van der Waals surface area contributed by atoms with Crippen molar-refractivity contribution in [2.75, 3.05) is 6.54 Å². The summed E-state index contributed by atoms with van der Waals surface area (Å²) in [7, 11) is -1.29. The number of benzene rings is 2. The molecule has 5 nitrogen and oxygen atoms in total. The molecule has 0 bridgehead atoms. The highest BCUT2D eigenvalue weighted by Gasteiger charge is 2.31. The Morgan fingerprint density at radius 2 is 2.00 bits per heavy atom. The number of nitrogens with zero attached hydrogens (tertiary/aromatic N) is 4. The van der Waals surface area contributed by atoms with E-state index in [1.165, 1.54) is 6.07 Å². The topological polar surface area (TPSA) is 43.2 Å². The maximum atomic E-state index is 14.0. The minimum Gasteiger partial charge on any atom is -0.439 e. The van der Waals surface area contributed by atoms with Crippen molar-refractivity contribution in [3.8, 4) is 29.5 Å². The molecular formula is C18H14FN4OP. The van der Waals surface area contributed by atoms with Gasteiger partial charge in [-0.15, -0.1) is 11.5 Å². The Balaban J connectivity index is 1.69. The molecule has 7 heteroatoms. The summed E-state index contributed by atoms with van der Waals surface area (Å²) in [5.74, 6) is 3.43. The van der Waals surface area contributed by atoms with E-state index in [9.17, 15) is 4.39 Å². The smallest absolute Gasteiger partial charge is 0.303 e. The number of aromatic nitrogens is 3. The fraction of sp³-hybridized carbons (Fsp3) is 0.111. The average Bonchev–Trinajstić information content (AvgIpc) is 3.11. The Morgan fingerprint density at radius 3 is 2.84 bits per heavy atom. The number of halogens is 1. The molecule has 0 radical (unpaired) electrons. The highest BCUT2D eigenvalue weighted by atomic mass is 31.2. The van der Waals surface area contributed by atoms with Crippen LogP contribution in [-0.4, -0.2) is 25.8 Å². The second-order valence-electron chi connectivity index (χ2n) is 5.45. The molecule has 25 heavy (non-hydrogen) atoms. The molecule has 4 rings (SSSR count). The molecular weight excluding hydrogens is 338 g/mol. The van der Waals surface area contributed by atoms with Crippen LogP contribution in [0.4, 0.5) is 4.39 Å². The molecule has 0 spiro atoms. The summed E-state index contributed by atoms with van der Waals surface area (Å²) in [4.78, 5) is 4.24. The third kappa shape index (κ3) is 3.00. The van der Waals surface area contributed by atoms with Gasteiger partial charge in [-0.3, -0.25) is 0 Å². The molecule has 1 aliphatic heterocycles. The van der Waals surface area contributed by atoms with Crippen molar-refractivity contribution < 1.29 is 8.91 Å². The molecule has 0 fully saturated rings. The van der Waals surface area contributed by atoms with Gasteiger partial charge in [0.2, 0.25) is 0 Å². The minimum atomic E-state index is -1.29. The molecule has 0 aliphatic carbocycles. The first kappa shape index (κ1) is 15.8. The van der Waals surface area contributed by atoms with E-state index in [1.54, 1.807) is 29.0 Å². The molecule has 1 unspecified atom stereocenters. The van der Waals surface area contributed by atoms with Gasteiger partial charge < -0.3 is 4.52 Å². The molecule has 1 aromatic heterocycles. The standard InChI is InChI=1S/C18H14FN4OP/c1-2-11-22-12-14-7-3-6-10-17(14)24-25(22)23-13-20-18(21-23)15-8-4-5-9-16(15)19/h1,3-10,13H,11-12H2. The zero-order valence-corrected chi connectivity index (χ0v) is 14.1. The third-order valence-corrected chi connectivity index (χ3v) is 5.46. The fourth-order valence-electron chi connectivity index (χ4n) is 2.62. The van der Waals surface area contributed by atoms with Crippen LogP contribution in [0.3, 0.4) is 0 Å². The molecule has 3 aromatic rings. The van der Waals surface area contributed by atoms with E-state index in [1.807, 2.05) is 28.9 Å². The molecule has 1 aliphatic rings. The molecule has 124 valence electrons. The van der Waals surface area contributed by atoms with Gasteiger partial charge in [0.05, 0.1) is 12.1 Å². The molecule has 0 amide bonds. The van der Waals surface area contributed by atoms with Crippen LogP contribution in [0.1, 0.15) is 5.56 Å². The van der Waals surface area contributed by atoms with E-state index >= 15 is 0 Å². The zero-order valence-electron chi connectivity index (χ0n) is 13.2. The second-order valence-corrected chi connectivity index (χ2v) is 7.11. The maximum Gasteiger partial charge on any atom is 0.303 e. The van der Waals surface area contributed by atoms with E-state index in [4.69, 9.17) is 10.9 Å². The van der Waals surface area contributed by atoms with Crippen LogP contribution in [-0.2, 0) is 6.54 Å². The number of hydrogen-bond acceptors (Lipinski definition) is 4. The van der Waals surface area contributed by atoms with Crippen molar-refractivity contribution in [2.24, 2.45) is 0 Å². The highest BCUT2D eigenvalue weighted by molar-refractivity contribution is 7.48. The fourth-order valence-corrected chi connectivity index (χ4v) is 4.21. The molecule has 2 aromatic carbocycles. The van der Waals surface area contributed by atoms with Crippen LogP contribution in [0.2, 0.25) is 0 Å². The third-order valence-electron chi connectivity index (χ3n) is 3.79. The Hall–Kier alpha value is -2.74. The van der Waals surface area contributed by atoms with Crippen molar-refractivity contribution in [2.45, 2.75) is 6.54 Å². The maximum absolute atomic E-state index is 14.0. The second kappa shape index (κ2) is 6.64. The molecule has 0 saturated heterocycles. The van der Waals surface area contributed by atoms with E-state index in [-0.39, 0.29) is 5.82 Å². The Morgan fingerprint density at radius 1 is 1.20 bits per heavy atom. The van der Waals surface area contributed by atoms with Gasteiger partial charge in [0.25, 0.3) is 0 Å². The number of para-hydroxylation sites is 1. The monoisotopic (exact) mass is 352 g/mol. The lowest BCUT2D eigenvalue weighted by Crippen LogP contribution is -2.27. The van der Waals surface area contributed by atoms with Crippen molar-refractivity contribution >= 4 is 8.45 Å². The normalized spacial score (nSPS) is 16.7. The number of fused-ring (bicyclic) bond motifs is 1. The van der Waals surface area contributed by atoms with Gasteiger partial charge in [0.1, 0.15) is 17.9 Å². The lowest BCUT2D eigenvalue weighted by atomic mass is 10.2. The average molecular weight is 352 g/mol. The number of rotatable bonds is 3. The summed E-state index contributed by atoms with van der Waals surface area (Å²) in [6, 6.07) is 14.3. The van der Waals surface area contributed by atoms with Crippen molar-refractivity contribution in [3.63, 3.8) is 0 Å². The summed E-state index contributed by atoms with van der Waals surface area (Å²) in [6.07, 6.45) is 7.06. The van der Waals surface area contributed by atoms with Gasteiger partial charge in [-0.05, 0) is 18.2 Å². The predicted octanol–water partition coefficient (Wildman–Crippen LogP) is 3.69. The summed E-state index contributed by atoms with van der Waals surface area (Å²) in [5.41, 5.74) is 1.43. The van der Waals surface area contributed by atoms with Crippen LogP contribution >= 0.6 is 8.45 Å². The van der Waals surface area contributed by atoms with Gasteiger partial charge in [-0.2, -0.15) is 4.45 Å². The summed E-state index contributed by atoms with van der Waals surface area (Å²) < 4.78 is 23.7. The van der Waals surface area contributed by atoms with Gasteiger partial charge in [0, 0.05) is 12.1 Å². The predicted molar refractivity (Wildman–Crippen MR) is 94.0 cm³/mol. The van der Waals surface area contributed by atoms with Crippen LogP contribution in [0.5, 0.6) is 5.75 Å². The van der Waals surface area contributed by atoms with Crippen molar-refractivity contribution in [1.29, 1.82) is 0 Å². The van der Waals surface area contributed by atoms with E-state index in [0.29, 0.717) is 24.5 Å². The van der Waals surface area contributed by atoms with Gasteiger partial charge in [0.15, 0.2) is 5.82 Å². The molecule has 0 N–H and O–H groups in total. The summed E-state index contributed by atoms with van der Waals surface area (Å²) in [6.45, 7) is 1.09. The van der Waals surface area contributed by atoms with Gasteiger partial charge >= 0.3 is 8.45 Å². The van der Waals surface area contributed by atoms with Crippen LogP contribution < -0.4 is 4.52 Å². The van der Waals surface area contributed by atoms with Gasteiger partial charge in [-0.1, -0.05) is 36.3 Å². The largest absolute Gasteiger partial charge is 0.439 e. The van der Waals surface area contributed by atoms with Crippen LogP contribution in [0, 0.1) is 18.2 Å². The van der Waals surface area contributed by atoms with Gasteiger partial charge in [-0.25, -0.2) is 14.0 Å². The van der Waals surface area contributed by atoms with Crippen molar-refractivity contribution in [3.05, 3.63) is 66.2 Å². The Bertz CT molecular complexity index is 952. The number of terminal acetylenes is 1. The first-order valence-corrected chi connectivity index (χ1v) is 8.84. The summed E-state index contributed by atoms with van der Waals surface area (Å²) in [5, 5.41) is 4.43. The highest BCUT2D eigenvalue weighted by Crippen LogP contribution is 2.49. The van der Waals surface area contributed by atoms with Crippen molar-refractivity contribution in [1.82, 2.24) is 19.2 Å². The van der Waals surface area contributed by atoms with Crippen LogP contribution in [0.15, 0.2) is 54.9 Å². The minimum absolute atomic E-state index is 0.323. The lowest BCUT2D eigenvalue weighted by molar-refractivity contribution is 0.395. The lowest BCUT2D eigenvalue weighted by Gasteiger charge is -2.33. The SMILES string of the molecule is C#CCN1Cc2ccccc2OP1n1cnc(-c2ccccc2F)n1.